The van der Waals surface area contributed by atoms with Crippen LogP contribution in [0.2, 0.25) is 0 Å². The van der Waals surface area contributed by atoms with Crippen molar-refractivity contribution in [2.24, 2.45) is 0 Å². The van der Waals surface area contributed by atoms with Crippen LogP contribution in [0.1, 0.15) is 290 Å². The quantitative estimate of drug-likeness (QED) is 0.0146. The Balaban J connectivity index is 4.61. The lowest BCUT2D eigenvalue weighted by Gasteiger charge is -2.21. The lowest BCUT2D eigenvalue weighted by atomic mass is 10.0. The highest BCUT2D eigenvalue weighted by Crippen LogP contribution is 2.45. The van der Waals surface area contributed by atoms with Gasteiger partial charge in [0.05, 0.1) is 26.4 Å². The van der Waals surface area contributed by atoms with Crippen LogP contribution in [-0.4, -0.2) is 95.9 Å². The first-order chi connectivity index (χ1) is 45.2. The van der Waals surface area contributed by atoms with Crippen LogP contribution in [0.3, 0.4) is 0 Å². The number of esters is 3. The van der Waals surface area contributed by atoms with Crippen LogP contribution in [-0.2, 0) is 55.8 Å². The van der Waals surface area contributed by atoms with Crippen LogP contribution in [0.15, 0.2) is 109 Å². The van der Waals surface area contributed by atoms with E-state index in [1.807, 2.05) is 12.2 Å². The molecule has 0 saturated carbocycles. The Morgan fingerprint density at radius 2 is 0.581 bits per heavy atom. The summed E-state index contributed by atoms with van der Waals surface area (Å²) in [6.07, 6.45) is 77.2. The number of phosphoric acid groups is 2. The molecule has 0 spiro atoms. The van der Waals surface area contributed by atoms with Crippen LogP contribution in [0, 0.1) is 0 Å². The molecular weight excluding hydrogens is 1220 g/mol. The second-order valence-corrected chi connectivity index (χ2v) is 26.9. The number of unbranched alkanes of at least 4 members (excludes halogenated alkanes) is 27. The number of carbonyl (C=O) groups excluding carboxylic acids is 3. The fourth-order valence-electron chi connectivity index (χ4n) is 9.47. The van der Waals surface area contributed by atoms with Gasteiger partial charge in [0.1, 0.15) is 25.4 Å². The van der Waals surface area contributed by atoms with E-state index in [9.17, 15) is 43.5 Å². The molecule has 0 aliphatic heterocycles. The molecule has 0 bridgehead atoms. The van der Waals surface area contributed by atoms with Gasteiger partial charge in [-0.2, -0.15) is 0 Å². The molecule has 0 saturated heterocycles. The molecule has 0 aromatic carbocycles. The van der Waals surface area contributed by atoms with Crippen LogP contribution >= 0.6 is 15.6 Å². The van der Waals surface area contributed by atoms with Crippen molar-refractivity contribution in [2.45, 2.75) is 309 Å². The highest BCUT2D eigenvalue weighted by Gasteiger charge is 2.29. The van der Waals surface area contributed by atoms with Gasteiger partial charge in [-0.15, -0.1) is 0 Å². The first-order valence-electron chi connectivity index (χ1n) is 36.2. The van der Waals surface area contributed by atoms with E-state index < -0.39 is 91.5 Å². The molecule has 0 fully saturated rings. The van der Waals surface area contributed by atoms with Gasteiger partial charge >= 0.3 is 33.6 Å². The maximum Gasteiger partial charge on any atom is 0.472 e. The van der Waals surface area contributed by atoms with E-state index in [4.69, 9.17) is 32.3 Å². The number of aliphatic hydroxyl groups excluding tert-OH is 2. The van der Waals surface area contributed by atoms with Gasteiger partial charge < -0.3 is 34.2 Å². The van der Waals surface area contributed by atoms with Gasteiger partial charge in [0.25, 0.3) is 0 Å². The van der Waals surface area contributed by atoms with E-state index in [0.717, 1.165) is 109 Å². The van der Waals surface area contributed by atoms with Gasteiger partial charge in [-0.1, -0.05) is 278 Å². The van der Waals surface area contributed by atoms with Gasteiger partial charge in [0.15, 0.2) is 6.10 Å². The van der Waals surface area contributed by atoms with Gasteiger partial charge in [0.2, 0.25) is 0 Å². The zero-order chi connectivity index (χ0) is 68.1. The van der Waals surface area contributed by atoms with Crippen LogP contribution in [0.5, 0.6) is 0 Å². The molecule has 5 unspecified atom stereocenters. The number of ether oxygens (including phenoxy) is 3. The van der Waals surface area contributed by atoms with E-state index in [1.54, 1.807) is 0 Å². The first-order valence-corrected chi connectivity index (χ1v) is 39.2. The largest absolute Gasteiger partial charge is 0.472 e. The summed E-state index contributed by atoms with van der Waals surface area (Å²) in [7, 11) is -9.79. The molecular formula is C75H130O16P2. The molecule has 0 radical (unpaired) electrons. The molecule has 18 heteroatoms. The summed E-state index contributed by atoms with van der Waals surface area (Å²) >= 11 is 0. The fourth-order valence-corrected chi connectivity index (χ4v) is 11.1. The molecule has 0 aliphatic carbocycles. The summed E-state index contributed by atoms with van der Waals surface area (Å²) in [4.78, 5) is 58.4. The van der Waals surface area contributed by atoms with Gasteiger partial charge in [-0.05, 0) is 103 Å². The van der Waals surface area contributed by atoms with Crippen molar-refractivity contribution in [3.8, 4) is 0 Å². The molecule has 93 heavy (non-hydrogen) atoms. The predicted molar refractivity (Wildman–Crippen MR) is 380 cm³/mol. The number of rotatable bonds is 68. The average molecular weight is 1350 g/mol. The number of hydrogen-bond acceptors (Lipinski definition) is 14. The Hall–Kier alpha value is -3.79. The SMILES string of the molecule is CC/C=C\C/C=C\C/C=C\C/C=C\C/C=C\CCCC(=O)OCC(COP(=O)(O)OCC(O)COP(=O)(O)OCC(O)COC(=O)CCCCCCCCCCC/C=C\C/C=C\C/C=C\C/C=C\CCCCC)OC(=O)CCCCCCCCCCCCCCCCC. The minimum atomic E-state index is -4.94. The predicted octanol–water partition coefficient (Wildman–Crippen LogP) is 20.4. The lowest BCUT2D eigenvalue weighted by molar-refractivity contribution is -0.161. The molecule has 0 aliphatic rings. The van der Waals surface area contributed by atoms with E-state index in [-0.39, 0.29) is 19.3 Å². The minimum Gasteiger partial charge on any atom is -0.463 e. The number of hydrogen-bond donors (Lipinski definition) is 4. The molecule has 0 heterocycles. The first kappa shape index (κ1) is 89.2. The van der Waals surface area contributed by atoms with Crippen molar-refractivity contribution in [1.82, 2.24) is 0 Å². The zero-order valence-corrected chi connectivity index (χ0v) is 59.9. The fraction of sp³-hybridized carbons (Fsp3) is 0.720. The Bertz CT molecular complexity index is 2130. The molecule has 4 N–H and O–H groups in total. The molecule has 16 nitrogen and oxygen atoms in total. The van der Waals surface area contributed by atoms with Crippen LogP contribution < -0.4 is 0 Å². The van der Waals surface area contributed by atoms with Crippen molar-refractivity contribution in [1.29, 1.82) is 0 Å². The normalized spacial score (nSPS) is 14.8. The maximum atomic E-state index is 12.9. The molecule has 0 aromatic heterocycles. The highest BCUT2D eigenvalue weighted by atomic mass is 31.2. The maximum absolute atomic E-state index is 12.9. The third kappa shape index (κ3) is 69.4. The molecule has 0 aromatic rings. The minimum absolute atomic E-state index is 0.0924. The summed E-state index contributed by atoms with van der Waals surface area (Å²) in [5, 5.41) is 20.6. The molecule has 536 valence electrons. The summed E-state index contributed by atoms with van der Waals surface area (Å²) in [5.41, 5.74) is 0. The van der Waals surface area contributed by atoms with Crippen LogP contribution in [0.25, 0.3) is 0 Å². The number of aliphatic hydroxyl groups is 2. The van der Waals surface area contributed by atoms with Crippen molar-refractivity contribution < 1.29 is 75.8 Å². The third-order valence-corrected chi connectivity index (χ3v) is 16.9. The molecule has 0 rings (SSSR count). The summed E-state index contributed by atoms with van der Waals surface area (Å²) in [5.74, 6) is -1.64. The zero-order valence-electron chi connectivity index (χ0n) is 58.1. The van der Waals surface area contributed by atoms with Crippen molar-refractivity contribution in [3.05, 3.63) is 109 Å². The number of allylic oxidation sites excluding steroid dienone is 18. The second kappa shape index (κ2) is 68.2. The summed E-state index contributed by atoms with van der Waals surface area (Å²) < 4.78 is 60.9. The van der Waals surface area contributed by atoms with Crippen molar-refractivity contribution in [2.75, 3.05) is 39.6 Å². The standard InChI is InChI=1S/C75H130O16P2/c1-4-7-10-13-16-19-22-25-28-30-31-32-33-34-35-36-37-39-42-43-46-49-52-55-58-61-73(78)85-64-70(76)65-87-92(81,82)88-66-71(77)67-89-93(83,84)90-69-72(91-75(80)63-60-57-54-51-48-45-40-27-24-21-18-15-12-9-6-3)68-86-74(79)62-59-56-53-50-47-44-41-38-29-26-23-20-17-14-11-8-5-2/h8,11,16-17,19-20,25-26,28-29,31-32,34-35,41,44,50,53,70-72,76-77H,4-7,9-10,12-15,18,21-24,27,30,33,36-40,42-43,45-49,51-52,54-69H2,1-3H3,(H,81,82)(H,83,84)/b11-8-,19-16-,20-17-,28-25-,29-26-,32-31-,35-34-,44-41-,53-50-. The lowest BCUT2D eigenvalue weighted by Crippen LogP contribution is -2.30. The van der Waals surface area contributed by atoms with Gasteiger partial charge in [-0.25, -0.2) is 9.13 Å². The van der Waals surface area contributed by atoms with E-state index in [1.165, 1.54) is 116 Å². The van der Waals surface area contributed by atoms with E-state index in [0.29, 0.717) is 25.7 Å². The Kier molecular flexibility index (Phi) is 65.4. The van der Waals surface area contributed by atoms with Gasteiger partial charge in [0, 0.05) is 19.3 Å². The molecule has 5 atom stereocenters. The van der Waals surface area contributed by atoms with E-state index >= 15 is 0 Å². The van der Waals surface area contributed by atoms with Crippen LogP contribution in [0.4, 0.5) is 0 Å². The van der Waals surface area contributed by atoms with Crippen molar-refractivity contribution in [3.63, 3.8) is 0 Å². The summed E-state index contributed by atoms with van der Waals surface area (Å²) in [6.45, 7) is 2.47. The van der Waals surface area contributed by atoms with E-state index in [2.05, 4.69) is 118 Å². The van der Waals surface area contributed by atoms with Crippen molar-refractivity contribution >= 4 is 33.6 Å². The topological polar surface area (TPSA) is 231 Å². The Morgan fingerprint density at radius 1 is 0.312 bits per heavy atom. The Labute approximate surface area is 564 Å². The smallest absolute Gasteiger partial charge is 0.463 e. The number of phosphoric ester groups is 2. The van der Waals surface area contributed by atoms with Gasteiger partial charge in [-0.3, -0.25) is 32.5 Å². The molecule has 0 amide bonds. The number of carbonyl (C=O) groups is 3. The second-order valence-electron chi connectivity index (χ2n) is 24.0. The Morgan fingerprint density at radius 3 is 0.968 bits per heavy atom. The monoisotopic (exact) mass is 1350 g/mol. The summed E-state index contributed by atoms with van der Waals surface area (Å²) in [6, 6.07) is 0. The average Bonchev–Trinajstić information content (AvgIpc) is 3.14. The third-order valence-electron chi connectivity index (χ3n) is 15.0. The highest BCUT2D eigenvalue weighted by molar-refractivity contribution is 7.47.